The van der Waals surface area contributed by atoms with E-state index in [0.29, 0.717) is 0 Å². The van der Waals surface area contributed by atoms with Gasteiger partial charge in [-0.25, -0.2) is 0 Å². The maximum atomic E-state index is 14.2. The van der Waals surface area contributed by atoms with E-state index in [1.165, 1.54) is 16.7 Å². The van der Waals surface area contributed by atoms with Crippen molar-refractivity contribution < 1.29 is 4.79 Å². The third-order valence-corrected chi connectivity index (χ3v) is 6.36. The summed E-state index contributed by atoms with van der Waals surface area (Å²) in [5.74, 6) is -0.138. The van der Waals surface area contributed by atoms with Crippen LogP contribution in [0.5, 0.6) is 0 Å². The van der Waals surface area contributed by atoms with Gasteiger partial charge in [0.15, 0.2) is 5.54 Å². The molecule has 0 bridgehead atoms. The normalized spacial score (nSPS) is 11.2. The van der Waals surface area contributed by atoms with Crippen molar-refractivity contribution in [2.75, 3.05) is 10.6 Å². The van der Waals surface area contributed by atoms with Crippen molar-refractivity contribution in [1.29, 1.82) is 0 Å². The van der Waals surface area contributed by atoms with Crippen LogP contribution in [-0.2, 0) is 10.3 Å². The first-order valence-corrected chi connectivity index (χ1v) is 11.3. The van der Waals surface area contributed by atoms with Crippen LogP contribution in [0.1, 0.15) is 33.4 Å². The van der Waals surface area contributed by atoms with E-state index in [9.17, 15) is 4.79 Å². The van der Waals surface area contributed by atoms with E-state index in [0.717, 1.165) is 28.1 Å². The van der Waals surface area contributed by atoms with E-state index >= 15 is 0 Å². The number of anilines is 2. The van der Waals surface area contributed by atoms with E-state index in [1.54, 1.807) is 0 Å². The third-order valence-electron chi connectivity index (χ3n) is 6.36. The highest BCUT2D eigenvalue weighted by molar-refractivity contribution is 6.03. The summed E-state index contributed by atoms with van der Waals surface area (Å²) in [5, 5.41) is 6.82. The molecule has 0 spiro atoms. The minimum atomic E-state index is -1.12. The molecule has 0 heterocycles. The van der Waals surface area contributed by atoms with Crippen molar-refractivity contribution in [3.05, 3.63) is 130 Å². The number of amides is 1. The number of rotatable bonds is 6. The molecule has 0 atom stereocenters. The van der Waals surface area contributed by atoms with Crippen LogP contribution in [0, 0.1) is 27.7 Å². The molecule has 0 saturated carbocycles. The summed E-state index contributed by atoms with van der Waals surface area (Å²) < 4.78 is 0. The predicted molar refractivity (Wildman–Crippen MR) is 138 cm³/mol. The lowest BCUT2D eigenvalue weighted by Crippen LogP contribution is -2.48. The summed E-state index contributed by atoms with van der Waals surface area (Å²) in [6, 6.07) is 32.0. The van der Waals surface area contributed by atoms with Crippen LogP contribution < -0.4 is 10.6 Å². The van der Waals surface area contributed by atoms with E-state index in [2.05, 4.69) is 50.5 Å². The zero-order chi connectivity index (χ0) is 23.4. The van der Waals surface area contributed by atoms with Gasteiger partial charge in [0, 0.05) is 11.4 Å². The molecule has 4 aromatic rings. The summed E-state index contributed by atoms with van der Waals surface area (Å²) in [5.41, 5.74) is 7.00. The van der Waals surface area contributed by atoms with Gasteiger partial charge in [-0.3, -0.25) is 4.79 Å². The van der Waals surface area contributed by atoms with E-state index in [-0.39, 0.29) is 5.91 Å². The smallest absolute Gasteiger partial charge is 0.259 e. The Bertz CT molecular complexity index is 1220. The highest BCUT2D eigenvalue weighted by Gasteiger charge is 2.42. The first-order chi connectivity index (χ1) is 15.9. The van der Waals surface area contributed by atoms with Crippen LogP contribution in [0.25, 0.3) is 0 Å². The van der Waals surface area contributed by atoms with Gasteiger partial charge in [0.2, 0.25) is 0 Å². The number of carbonyl (C=O) groups is 1. The molecule has 4 aromatic carbocycles. The first kappa shape index (κ1) is 22.3. The molecule has 0 aliphatic carbocycles. The fourth-order valence-corrected chi connectivity index (χ4v) is 4.09. The first-order valence-electron chi connectivity index (χ1n) is 11.3. The van der Waals surface area contributed by atoms with Crippen LogP contribution >= 0.6 is 0 Å². The van der Waals surface area contributed by atoms with Crippen molar-refractivity contribution in [3.8, 4) is 0 Å². The van der Waals surface area contributed by atoms with Crippen molar-refractivity contribution in [2.45, 2.75) is 33.2 Å². The predicted octanol–water partition coefficient (Wildman–Crippen LogP) is 6.91. The number of aryl methyl sites for hydroxylation is 4. The standard InChI is InChI=1S/C30H30N2O/c1-21-15-17-27(19-23(21)3)31-29(33)30(25-11-7-5-8-12-25,26-13-9-6-10-14-26)32-28-18-16-22(2)24(4)20-28/h5-20,32H,1-4H3,(H,31,33). The van der Waals surface area contributed by atoms with Gasteiger partial charge in [0.1, 0.15) is 0 Å². The van der Waals surface area contributed by atoms with E-state index in [4.69, 9.17) is 0 Å². The monoisotopic (exact) mass is 434 g/mol. The largest absolute Gasteiger partial charge is 0.364 e. The number of nitrogens with one attached hydrogen (secondary N) is 2. The molecule has 3 nitrogen and oxygen atoms in total. The lowest BCUT2D eigenvalue weighted by atomic mass is 9.81. The summed E-state index contributed by atoms with van der Waals surface area (Å²) in [7, 11) is 0. The fraction of sp³-hybridized carbons (Fsp3) is 0.167. The molecule has 0 unspecified atom stereocenters. The number of carbonyl (C=O) groups excluding carboxylic acids is 1. The Kier molecular flexibility index (Phi) is 6.32. The second-order valence-electron chi connectivity index (χ2n) is 8.66. The van der Waals surface area contributed by atoms with Crippen LogP contribution in [0.15, 0.2) is 97.1 Å². The molecule has 0 saturated heterocycles. The Labute approximate surface area is 196 Å². The van der Waals surface area contributed by atoms with Crippen LogP contribution in [0.4, 0.5) is 11.4 Å². The molecular formula is C30H30N2O. The number of hydrogen-bond acceptors (Lipinski definition) is 2. The Morgan fingerprint density at radius 2 is 1.03 bits per heavy atom. The second-order valence-corrected chi connectivity index (χ2v) is 8.66. The molecule has 0 radical (unpaired) electrons. The maximum absolute atomic E-state index is 14.2. The van der Waals surface area contributed by atoms with Crippen LogP contribution in [-0.4, -0.2) is 5.91 Å². The average Bonchev–Trinajstić information content (AvgIpc) is 2.83. The minimum absolute atomic E-state index is 0.138. The topological polar surface area (TPSA) is 41.1 Å². The van der Waals surface area contributed by atoms with Gasteiger partial charge in [-0.05, 0) is 85.3 Å². The Hall–Kier alpha value is -3.85. The molecule has 0 fully saturated rings. The summed E-state index contributed by atoms with van der Waals surface area (Å²) in [6.07, 6.45) is 0. The van der Waals surface area contributed by atoms with Gasteiger partial charge in [0.05, 0.1) is 0 Å². The lowest BCUT2D eigenvalue weighted by Gasteiger charge is -2.36. The highest BCUT2D eigenvalue weighted by Crippen LogP contribution is 2.36. The van der Waals surface area contributed by atoms with Gasteiger partial charge in [-0.15, -0.1) is 0 Å². The zero-order valence-electron chi connectivity index (χ0n) is 19.6. The molecular weight excluding hydrogens is 404 g/mol. The molecule has 0 aliphatic heterocycles. The van der Waals surface area contributed by atoms with Gasteiger partial charge in [-0.1, -0.05) is 72.8 Å². The van der Waals surface area contributed by atoms with Crippen molar-refractivity contribution in [1.82, 2.24) is 0 Å². The number of benzene rings is 4. The Morgan fingerprint density at radius 3 is 1.52 bits per heavy atom. The SMILES string of the molecule is Cc1ccc(NC(=O)C(Nc2ccc(C)c(C)c2)(c2ccccc2)c2ccccc2)cc1C. The summed E-state index contributed by atoms with van der Waals surface area (Å²) >= 11 is 0. The van der Waals surface area contributed by atoms with Gasteiger partial charge >= 0.3 is 0 Å². The molecule has 1 amide bonds. The molecule has 2 N–H and O–H groups in total. The van der Waals surface area contributed by atoms with Gasteiger partial charge in [-0.2, -0.15) is 0 Å². The molecule has 0 aliphatic rings. The maximum Gasteiger partial charge on any atom is 0.259 e. The van der Waals surface area contributed by atoms with Crippen molar-refractivity contribution in [3.63, 3.8) is 0 Å². The minimum Gasteiger partial charge on any atom is -0.364 e. The van der Waals surface area contributed by atoms with Crippen LogP contribution in [0.3, 0.4) is 0 Å². The third kappa shape index (κ3) is 4.54. The van der Waals surface area contributed by atoms with E-state index in [1.807, 2.05) is 84.9 Å². The number of hydrogen-bond donors (Lipinski definition) is 2. The fourth-order valence-electron chi connectivity index (χ4n) is 4.09. The van der Waals surface area contributed by atoms with Crippen molar-refractivity contribution in [2.24, 2.45) is 0 Å². The molecule has 0 aromatic heterocycles. The average molecular weight is 435 g/mol. The molecule has 3 heteroatoms. The van der Waals surface area contributed by atoms with Gasteiger partial charge in [0.25, 0.3) is 5.91 Å². The molecule has 33 heavy (non-hydrogen) atoms. The lowest BCUT2D eigenvalue weighted by molar-refractivity contribution is -0.119. The van der Waals surface area contributed by atoms with Crippen LogP contribution in [0.2, 0.25) is 0 Å². The zero-order valence-corrected chi connectivity index (χ0v) is 19.6. The molecule has 4 rings (SSSR count). The van der Waals surface area contributed by atoms with Gasteiger partial charge < -0.3 is 10.6 Å². The summed E-state index contributed by atoms with van der Waals surface area (Å²) in [6.45, 7) is 8.30. The quantitative estimate of drug-likeness (QED) is 0.346. The van der Waals surface area contributed by atoms with Crippen molar-refractivity contribution >= 4 is 17.3 Å². The summed E-state index contributed by atoms with van der Waals surface area (Å²) in [4.78, 5) is 14.2. The Balaban J connectivity index is 1.89. The highest BCUT2D eigenvalue weighted by atomic mass is 16.2. The second kappa shape index (κ2) is 9.33. The Morgan fingerprint density at radius 1 is 0.576 bits per heavy atom. The molecule has 166 valence electrons. The van der Waals surface area contributed by atoms with E-state index < -0.39 is 5.54 Å².